The number of nitrogens with one attached hydrogen (secondary N) is 1. The van der Waals surface area contributed by atoms with Crippen LogP contribution in [-0.4, -0.2) is 41.1 Å². The zero-order chi connectivity index (χ0) is 13.9. The van der Waals surface area contributed by atoms with Crippen LogP contribution in [0.25, 0.3) is 0 Å². The fourth-order valence-electron chi connectivity index (χ4n) is 2.44. The van der Waals surface area contributed by atoms with Crippen LogP contribution in [0.4, 0.5) is 4.79 Å². The molecule has 18 heavy (non-hydrogen) atoms. The largest absolute Gasteiger partial charge is 0.480 e. The zero-order valence-electron chi connectivity index (χ0n) is 11.7. The van der Waals surface area contributed by atoms with Gasteiger partial charge in [0.1, 0.15) is 6.04 Å². The van der Waals surface area contributed by atoms with Gasteiger partial charge >= 0.3 is 12.0 Å². The van der Waals surface area contributed by atoms with Crippen molar-refractivity contribution in [1.29, 1.82) is 0 Å². The molecule has 1 fully saturated rings. The number of hydrogen-bond donors (Lipinski definition) is 2. The molecule has 2 atom stereocenters. The molecule has 0 aliphatic heterocycles. The van der Waals surface area contributed by atoms with E-state index in [0.29, 0.717) is 0 Å². The average molecular weight is 256 g/mol. The van der Waals surface area contributed by atoms with Gasteiger partial charge in [0.15, 0.2) is 0 Å². The van der Waals surface area contributed by atoms with Crippen molar-refractivity contribution in [2.75, 3.05) is 7.05 Å². The third-order valence-electron chi connectivity index (χ3n) is 3.79. The monoisotopic (exact) mass is 256 g/mol. The highest BCUT2D eigenvalue weighted by Crippen LogP contribution is 2.35. The molecule has 5 nitrogen and oxygen atoms in total. The van der Waals surface area contributed by atoms with Crippen LogP contribution in [-0.2, 0) is 4.79 Å². The van der Waals surface area contributed by atoms with Crippen molar-refractivity contribution in [2.45, 2.75) is 58.5 Å². The summed E-state index contributed by atoms with van der Waals surface area (Å²) >= 11 is 0. The van der Waals surface area contributed by atoms with Crippen molar-refractivity contribution in [2.24, 2.45) is 5.41 Å². The maximum absolute atomic E-state index is 11.9. The number of carboxylic acids is 1. The number of aliphatic carboxylic acids is 1. The van der Waals surface area contributed by atoms with Crippen molar-refractivity contribution in [1.82, 2.24) is 10.2 Å². The van der Waals surface area contributed by atoms with Crippen LogP contribution in [0, 0.1) is 5.41 Å². The number of urea groups is 1. The Morgan fingerprint density at radius 1 is 1.44 bits per heavy atom. The summed E-state index contributed by atoms with van der Waals surface area (Å²) in [6.45, 7) is 5.91. The smallest absolute Gasteiger partial charge is 0.326 e. The second kappa shape index (κ2) is 5.59. The molecule has 0 aromatic rings. The van der Waals surface area contributed by atoms with Crippen LogP contribution in [0.3, 0.4) is 0 Å². The van der Waals surface area contributed by atoms with Gasteiger partial charge in [-0.15, -0.1) is 0 Å². The summed E-state index contributed by atoms with van der Waals surface area (Å²) in [5, 5.41) is 11.8. The van der Waals surface area contributed by atoms with Gasteiger partial charge in [-0.3, -0.25) is 0 Å². The Morgan fingerprint density at radius 3 is 2.56 bits per heavy atom. The van der Waals surface area contributed by atoms with Gasteiger partial charge < -0.3 is 15.3 Å². The number of amides is 2. The first-order chi connectivity index (χ1) is 8.23. The summed E-state index contributed by atoms with van der Waals surface area (Å²) in [5.74, 6) is -0.989. The SMILES string of the molecule is CC(C(=O)O)N(C)C(=O)NC1CCCC(C)(C)C1. The first kappa shape index (κ1) is 14.8. The van der Waals surface area contributed by atoms with Crippen molar-refractivity contribution in [3.8, 4) is 0 Å². The number of carbonyl (C=O) groups excluding carboxylic acids is 1. The van der Waals surface area contributed by atoms with E-state index in [9.17, 15) is 9.59 Å². The Balaban J connectivity index is 2.52. The number of carbonyl (C=O) groups is 2. The number of rotatable bonds is 3. The van der Waals surface area contributed by atoms with E-state index in [0.717, 1.165) is 19.3 Å². The minimum absolute atomic E-state index is 0.157. The van der Waals surface area contributed by atoms with E-state index in [2.05, 4.69) is 19.2 Å². The van der Waals surface area contributed by atoms with E-state index in [1.165, 1.54) is 25.3 Å². The van der Waals surface area contributed by atoms with Crippen molar-refractivity contribution >= 4 is 12.0 Å². The molecule has 0 saturated heterocycles. The van der Waals surface area contributed by atoms with Crippen molar-refractivity contribution in [3.63, 3.8) is 0 Å². The van der Waals surface area contributed by atoms with Gasteiger partial charge in [0.25, 0.3) is 0 Å². The van der Waals surface area contributed by atoms with Crippen LogP contribution in [0.5, 0.6) is 0 Å². The number of likely N-dealkylation sites (N-methyl/N-ethyl adjacent to an activating group) is 1. The highest BCUT2D eigenvalue weighted by molar-refractivity contribution is 5.82. The lowest BCUT2D eigenvalue weighted by atomic mass is 9.75. The molecule has 1 rings (SSSR count). The van der Waals surface area contributed by atoms with Crippen LogP contribution in [0.15, 0.2) is 0 Å². The predicted octanol–water partition coefficient (Wildman–Crippen LogP) is 2.07. The summed E-state index contributed by atoms with van der Waals surface area (Å²) in [6.07, 6.45) is 4.22. The van der Waals surface area contributed by atoms with Gasteiger partial charge in [-0.05, 0) is 31.6 Å². The second-order valence-electron chi connectivity index (χ2n) is 6.03. The lowest BCUT2D eigenvalue weighted by Crippen LogP contribution is -2.50. The molecule has 0 aromatic heterocycles. The standard InChI is InChI=1S/C13H24N2O3/c1-9(11(16)17)15(4)12(18)14-10-6-5-7-13(2,3)8-10/h9-10H,5-8H2,1-4H3,(H,14,18)(H,16,17). The lowest BCUT2D eigenvalue weighted by molar-refractivity contribution is -0.141. The van der Waals surface area contributed by atoms with Crippen LogP contribution in [0.1, 0.15) is 46.5 Å². The Kier molecular flexibility index (Phi) is 4.59. The molecule has 0 bridgehead atoms. The topological polar surface area (TPSA) is 69.6 Å². The van der Waals surface area contributed by atoms with Gasteiger partial charge in [-0.2, -0.15) is 0 Å². The molecule has 5 heteroatoms. The maximum Gasteiger partial charge on any atom is 0.326 e. The molecule has 0 aromatic carbocycles. The molecule has 2 unspecified atom stereocenters. The zero-order valence-corrected chi connectivity index (χ0v) is 11.7. The van der Waals surface area contributed by atoms with Crippen LogP contribution >= 0.6 is 0 Å². The van der Waals surface area contributed by atoms with E-state index in [4.69, 9.17) is 5.11 Å². The molecule has 2 amide bonds. The van der Waals surface area contributed by atoms with Crippen molar-refractivity contribution in [3.05, 3.63) is 0 Å². The third-order valence-corrected chi connectivity index (χ3v) is 3.79. The highest BCUT2D eigenvalue weighted by Gasteiger charge is 2.30. The summed E-state index contributed by atoms with van der Waals surface area (Å²) in [6, 6.07) is -0.945. The van der Waals surface area contributed by atoms with E-state index in [-0.39, 0.29) is 17.5 Å². The number of hydrogen-bond acceptors (Lipinski definition) is 2. The molecular weight excluding hydrogens is 232 g/mol. The van der Waals surface area contributed by atoms with Gasteiger partial charge in [-0.1, -0.05) is 20.3 Å². The maximum atomic E-state index is 11.9. The summed E-state index contributed by atoms with van der Waals surface area (Å²) in [5.41, 5.74) is 0.257. The van der Waals surface area contributed by atoms with Gasteiger partial charge in [0.05, 0.1) is 0 Å². The van der Waals surface area contributed by atoms with Crippen LogP contribution in [0.2, 0.25) is 0 Å². The summed E-state index contributed by atoms with van der Waals surface area (Å²) in [4.78, 5) is 24.0. The fourth-order valence-corrected chi connectivity index (χ4v) is 2.44. The van der Waals surface area contributed by atoms with E-state index < -0.39 is 12.0 Å². The number of carboxylic acid groups (broad SMARTS) is 1. The summed E-state index contributed by atoms with van der Waals surface area (Å²) < 4.78 is 0. The highest BCUT2D eigenvalue weighted by atomic mass is 16.4. The summed E-state index contributed by atoms with van der Waals surface area (Å²) in [7, 11) is 1.52. The molecule has 1 aliphatic carbocycles. The van der Waals surface area contributed by atoms with Gasteiger partial charge in [-0.25, -0.2) is 9.59 Å². The predicted molar refractivity (Wildman–Crippen MR) is 69.4 cm³/mol. The fraction of sp³-hybridized carbons (Fsp3) is 0.846. The molecule has 2 N–H and O–H groups in total. The van der Waals surface area contributed by atoms with Crippen molar-refractivity contribution < 1.29 is 14.7 Å². The second-order valence-corrected chi connectivity index (χ2v) is 6.03. The van der Waals surface area contributed by atoms with Gasteiger partial charge in [0, 0.05) is 13.1 Å². The van der Waals surface area contributed by atoms with Crippen LogP contribution < -0.4 is 5.32 Å². The van der Waals surface area contributed by atoms with E-state index in [1.807, 2.05) is 0 Å². The normalized spacial score (nSPS) is 24.1. The average Bonchev–Trinajstić information content (AvgIpc) is 2.25. The Morgan fingerprint density at radius 2 is 2.06 bits per heavy atom. The molecule has 104 valence electrons. The Hall–Kier alpha value is -1.26. The lowest BCUT2D eigenvalue weighted by Gasteiger charge is -2.36. The molecular formula is C13H24N2O3. The first-order valence-electron chi connectivity index (χ1n) is 6.49. The molecule has 1 aliphatic rings. The van der Waals surface area contributed by atoms with E-state index in [1.54, 1.807) is 0 Å². The first-order valence-corrected chi connectivity index (χ1v) is 6.49. The third kappa shape index (κ3) is 3.89. The van der Waals surface area contributed by atoms with E-state index >= 15 is 0 Å². The molecule has 0 radical (unpaired) electrons. The minimum Gasteiger partial charge on any atom is -0.480 e. The molecule has 1 saturated carbocycles. The molecule has 0 spiro atoms. The molecule has 0 heterocycles. The number of nitrogens with zero attached hydrogens (tertiary/aromatic N) is 1. The Bertz CT molecular complexity index is 328. The minimum atomic E-state index is -0.989. The Labute approximate surface area is 109 Å². The van der Waals surface area contributed by atoms with Gasteiger partial charge in [0.2, 0.25) is 0 Å². The quantitative estimate of drug-likeness (QED) is 0.812.